The van der Waals surface area contributed by atoms with Crippen LogP contribution < -0.4 is 4.90 Å². The lowest BCUT2D eigenvalue weighted by molar-refractivity contribution is 0.669. The molecule has 12 rings (SSSR count). The first-order valence-corrected chi connectivity index (χ1v) is 21.2. The van der Waals surface area contributed by atoms with Crippen molar-refractivity contribution < 1.29 is 4.42 Å². The van der Waals surface area contributed by atoms with Crippen molar-refractivity contribution in [3.05, 3.63) is 237 Å². The number of nitrogens with zero attached hydrogens (tertiary/aromatic N) is 1. The summed E-state index contributed by atoms with van der Waals surface area (Å²) < 4.78 is 6.32. The lowest BCUT2D eigenvalue weighted by atomic mass is 9.96. The van der Waals surface area contributed by atoms with Gasteiger partial charge in [0.1, 0.15) is 11.2 Å². The Hall–Kier alpha value is -8.20. The minimum Gasteiger partial charge on any atom is -0.456 e. The molecule has 0 aliphatic heterocycles. The van der Waals surface area contributed by atoms with Crippen LogP contribution in [0.3, 0.4) is 0 Å². The van der Waals surface area contributed by atoms with E-state index in [0.29, 0.717) is 0 Å². The third-order valence-electron chi connectivity index (χ3n) is 12.4. The van der Waals surface area contributed by atoms with Crippen LogP contribution in [0.5, 0.6) is 0 Å². The minimum atomic E-state index is 0.890. The molecule has 0 saturated heterocycles. The van der Waals surface area contributed by atoms with Crippen molar-refractivity contribution in [2.24, 2.45) is 0 Å². The lowest BCUT2D eigenvalue weighted by Gasteiger charge is -2.27. The van der Waals surface area contributed by atoms with Gasteiger partial charge in [-0.1, -0.05) is 182 Å². The molecule has 0 bridgehead atoms. The highest BCUT2D eigenvalue weighted by Crippen LogP contribution is 2.43. The smallest absolute Gasteiger partial charge is 0.136 e. The molecule has 1 aromatic heterocycles. The van der Waals surface area contributed by atoms with E-state index in [9.17, 15) is 0 Å². The summed E-state index contributed by atoms with van der Waals surface area (Å²) in [4.78, 5) is 2.39. The van der Waals surface area contributed by atoms with E-state index in [2.05, 4.69) is 229 Å². The number of hydrogen-bond acceptors (Lipinski definition) is 2. The molecule has 62 heavy (non-hydrogen) atoms. The predicted molar refractivity (Wildman–Crippen MR) is 263 cm³/mol. The summed E-state index contributed by atoms with van der Waals surface area (Å²) in [6, 6.07) is 85.6. The first-order chi connectivity index (χ1) is 30.7. The standard InChI is InChI=1S/C60H39NO/c1-3-21-52-42(12-1)14-10-24-54(52)46-16-8-19-50(38-46)61(51-20-9-17-47(39-51)56-25-11-27-59-60(56)57-23-5-6-26-58(57)62-59)49-18-7-15-44(37-49)40-28-30-41(31-29-40)45-34-35-55-48(36-45)33-32-43-13-2-4-22-53(43)55/h1-39H. The van der Waals surface area contributed by atoms with Gasteiger partial charge >= 0.3 is 0 Å². The van der Waals surface area contributed by atoms with E-state index in [-0.39, 0.29) is 0 Å². The third kappa shape index (κ3) is 6.20. The van der Waals surface area contributed by atoms with Crippen molar-refractivity contribution in [2.75, 3.05) is 4.90 Å². The third-order valence-corrected chi connectivity index (χ3v) is 12.4. The number of benzene rings is 11. The lowest BCUT2D eigenvalue weighted by Crippen LogP contribution is -2.10. The van der Waals surface area contributed by atoms with Crippen LogP contribution in [0.25, 0.3) is 98.8 Å². The van der Waals surface area contributed by atoms with Gasteiger partial charge in [0.15, 0.2) is 0 Å². The maximum Gasteiger partial charge on any atom is 0.136 e. The number of fused-ring (bicyclic) bond motifs is 7. The van der Waals surface area contributed by atoms with Crippen LogP contribution in [-0.2, 0) is 0 Å². The molecule has 11 aromatic carbocycles. The summed E-state index contributed by atoms with van der Waals surface area (Å²) in [5.74, 6) is 0. The van der Waals surface area contributed by atoms with E-state index >= 15 is 0 Å². The van der Waals surface area contributed by atoms with Crippen molar-refractivity contribution in [2.45, 2.75) is 0 Å². The fourth-order valence-corrected chi connectivity index (χ4v) is 9.44. The molecule has 290 valence electrons. The molecular formula is C60H39NO. The van der Waals surface area contributed by atoms with E-state index in [0.717, 1.165) is 55.7 Å². The quantitative estimate of drug-likeness (QED) is 0.150. The Morgan fingerprint density at radius 3 is 1.47 bits per heavy atom. The van der Waals surface area contributed by atoms with Gasteiger partial charge in [-0.15, -0.1) is 0 Å². The monoisotopic (exact) mass is 789 g/mol. The number of furan rings is 1. The molecule has 0 unspecified atom stereocenters. The van der Waals surface area contributed by atoms with E-state index in [4.69, 9.17) is 4.42 Å². The molecule has 0 aliphatic rings. The van der Waals surface area contributed by atoms with Crippen molar-refractivity contribution in [1.82, 2.24) is 0 Å². The molecule has 0 amide bonds. The minimum absolute atomic E-state index is 0.890. The first kappa shape index (κ1) is 35.7. The Labute approximate surface area is 360 Å². The molecule has 0 fully saturated rings. The van der Waals surface area contributed by atoms with Crippen LogP contribution in [0.1, 0.15) is 0 Å². The SMILES string of the molecule is c1cc(-c2ccc(-c3ccc4c(ccc5ccccc54)c3)cc2)cc(N(c2cccc(-c3cccc4ccccc34)c2)c2cccc(-c3cccc4oc5ccccc5c34)c2)c1. The van der Waals surface area contributed by atoms with Gasteiger partial charge in [-0.2, -0.15) is 0 Å². The average Bonchev–Trinajstić information content (AvgIpc) is 3.73. The van der Waals surface area contributed by atoms with Crippen LogP contribution in [0.15, 0.2) is 241 Å². The Morgan fingerprint density at radius 1 is 0.258 bits per heavy atom. The van der Waals surface area contributed by atoms with Crippen LogP contribution in [0.2, 0.25) is 0 Å². The second-order valence-electron chi connectivity index (χ2n) is 16.1. The van der Waals surface area contributed by atoms with Crippen LogP contribution >= 0.6 is 0 Å². The summed E-state index contributed by atoms with van der Waals surface area (Å²) >= 11 is 0. The second-order valence-corrected chi connectivity index (χ2v) is 16.1. The first-order valence-electron chi connectivity index (χ1n) is 21.2. The van der Waals surface area contributed by atoms with Gasteiger partial charge in [-0.25, -0.2) is 0 Å². The second kappa shape index (κ2) is 14.8. The summed E-state index contributed by atoms with van der Waals surface area (Å²) in [5.41, 5.74) is 14.4. The largest absolute Gasteiger partial charge is 0.456 e. The molecule has 2 heteroatoms. The topological polar surface area (TPSA) is 16.4 Å². The van der Waals surface area contributed by atoms with Gasteiger partial charge in [0.2, 0.25) is 0 Å². The maximum absolute atomic E-state index is 6.32. The van der Waals surface area contributed by atoms with Crippen molar-refractivity contribution in [1.29, 1.82) is 0 Å². The van der Waals surface area contributed by atoms with E-state index in [1.54, 1.807) is 0 Å². The average molecular weight is 790 g/mol. The van der Waals surface area contributed by atoms with Gasteiger partial charge in [-0.05, 0) is 131 Å². The Balaban J connectivity index is 0.963. The van der Waals surface area contributed by atoms with Gasteiger partial charge in [0.25, 0.3) is 0 Å². The van der Waals surface area contributed by atoms with Gasteiger partial charge in [-0.3, -0.25) is 0 Å². The molecule has 2 nitrogen and oxygen atoms in total. The number of rotatable bonds is 7. The molecule has 0 atom stereocenters. The highest BCUT2D eigenvalue weighted by Gasteiger charge is 2.18. The summed E-state index contributed by atoms with van der Waals surface area (Å²) in [7, 11) is 0. The fourth-order valence-electron chi connectivity index (χ4n) is 9.44. The zero-order valence-electron chi connectivity index (χ0n) is 33.9. The van der Waals surface area contributed by atoms with Gasteiger partial charge in [0, 0.05) is 27.8 Å². The molecule has 0 saturated carbocycles. The Bertz CT molecular complexity index is 3650. The summed E-state index contributed by atoms with van der Waals surface area (Å²) in [6.07, 6.45) is 0. The molecule has 0 aliphatic carbocycles. The van der Waals surface area contributed by atoms with Crippen molar-refractivity contribution in [3.8, 4) is 44.5 Å². The molecule has 0 spiro atoms. The molecular weight excluding hydrogens is 751 g/mol. The number of anilines is 3. The number of para-hydroxylation sites is 1. The molecule has 0 N–H and O–H groups in total. The zero-order valence-corrected chi connectivity index (χ0v) is 33.9. The highest BCUT2D eigenvalue weighted by molar-refractivity contribution is 6.13. The summed E-state index contributed by atoms with van der Waals surface area (Å²) in [6.45, 7) is 0. The molecule has 1 heterocycles. The zero-order chi connectivity index (χ0) is 41.0. The van der Waals surface area contributed by atoms with E-state index in [1.165, 1.54) is 60.1 Å². The summed E-state index contributed by atoms with van der Waals surface area (Å²) in [5, 5.41) is 9.81. The Kier molecular flexibility index (Phi) is 8.53. The van der Waals surface area contributed by atoms with Crippen LogP contribution in [0, 0.1) is 0 Å². The van der Waals surface area contributed by atoms with Gasteiger partial charge in [0.05, 0.1) is 0 Å². The molecule has 12 aromatic rings. The van der Waals surface area contributed by atoms with Crippen LogP contribution in [0.4, 0.5) is 17.1 Å². The molecule has 0 radical (unpaired) electrons. The van der Waals surface area contributed by atoms with Crippen molar-refractivity contribution in [3.63, 3.8) is 0 Å². The maximum atomic E-state index is 6.32. The number of hydrogen-bond donors (Lipinski definition) is 0. The van der Waals surface area contributed by atoms with Crippen molar-refractivity contribution >= 4 is 71.3 Å². The van der Waals surface area contributed by atoms with Crippen LogP contribution in [-0.4, -0.2) is 0 Å². The van der Waals surface area contributed by atoms with E-state index in [1.807, 2.05) is 12.1 Å². The Morgan fingerprint density at radius 2 is 0.726 bits per heavy atom. The van der Waals surface area contributed by atoms with Gasteiger partial charge < -0.3 is 9.32 Å². The van der Waals surface area contributed by atoms with E-state index < -0.39 is 0 Å². The fraction of sp³-hybridized carbons (Fsp3) is 0. The highest BCUT2D eigenvalue weighted by atomic mass is 16.3. The normalized spacial score (nSPS) is 11.5. The predicted octanol–water partition coefficient (Wildman–Crippen LogP) is 17.2.